The van der Waals surface area contributed by atoms with Crippen molar-refractivity contribution in [1.82, 2.24) is 26.2 Å². The van der Waals surface area contributed by atoms with Gasteiger partial charge in [0.25, 0.3) is 5.91 Å². The van der Waals surface area contributed by atoms with E-state index in [1.165, 1.54) is 13.0 Å². The second-order valence-electron chi connectivity index (χ2n) is 13.0. The van der Waals surface area contributed by atoms with Crippen LogP contribution in [0, 0.1) is 11.6 Å². The Morgan fingerprint density at radius 1 is 0.868 bits per heavy atom. The monoisotopic (exact) mass is 735 g/mol. The third-order valence-electron chi connectivity index (χ3n) is 9.24. The van der Waals surface area contributed by atoms with Crippen molar-refractivity contribution in [2.45, 2.75) is 62.8 Å². The minimum atomic E-state index is -1.55. The first-order valence-corrected chi connectivity index (χ1v) is 17.4. The normalized spacial score (nSPS) is 21.4. The molecule has 1 fully saturated rings. The van der Waals surface area contributed by atoms with Gasteiger partial charge in [-0.1, -0.05) is 36.4 Å². The molecule has 5 N–H and O–H groups in total. The Morgan fingerprint density at radius 3 is 2.23 bits per heavy atom. The number of carbonyl (C=O) groups is 5. The van der Waals surface area contributed by atoms with E-state index in [1.54, 1.807) is 59.5 Å². The van der Waals surface area contributed by atoms with Crippen LogP contribution in [0.3, 0.4) is 0 Å². The standard InChI is InChI=1S/C38H43F2N5O8/c1-24-34(48)41-17-20-52-28-10-12-29(13-11-28)53-38(15-18-45(19-16-38)33(47)14-8-26-7-9-27(39)22-30(26)40)37(51)44-31(21-25-5-3-2-4-6-25)35(49)43-32(23-46)36(50)42-24/h2-7,9-13,22,24,31-32,46H,8,14-21,23H2,1H3,(H,41,48)(H,42,50)(H,43,49)(H,44,51)/t24-,31+,32-/m0/s1. The maximum absolute atomic E-state index is 14.4. The summed E-state index contributed by atoms with van der Waals surface area (Å²) in [5, 5.41) is 20.5. The number of benzene rings is 3. The Balaban J connectivity index is 1.40. The predicted octanol–water partition coefficient (Wildman–Crippen LogP) is 1.56. The second kappa shape index (κ2) is 17.8. The van der Waals surface area contributed by atoms with Crippen LogP contribution in [0.25, 0.3) is 0 Å². The average Bonchev–Trinajstić information content (AvgIpc) is 3.15. The molecule has 0 saturated carbocycles. The Labute approximate surface area is 305 Å². The summed E-state index contributed by atoms with van der Waals surface area (Å²) >= 11 is 0. The predicted molar refractivity (Wildman–Crippen MR) is 187 cm³/mol. The van der Waals surface area contributed by atoms with Gasteiger partial charge >= 0.3 is 0 Å². The number of hydrogen-bond acceptors (Lipinski definition) is 8. The van der Waals surface area contributed by atoms with Crippen LogP contribution >= 0.6 is 0 Å². The fraction of sp³-hybridized carbons (Fsp3) is 0.395. The summed E-state index contributed by atoms with van der Waals surface area (Å²) in [6, 6.07) is 14.9. The molecule has 53 heavy (non-hydrogen) atoms. The Morgan fingerprint density at radius 2 is 1.55 bits per heavy atom. The van der Waals surface area contributed by atoms with Gasteiger partial charge in [0.2, 0.25) is 23.6 Å². The quantitative estimate of drug-likeness (QED) is 0.237. The fourth-order valence-electron chi connectivity index (χ4n) is 6.14. The van der Waals surface area contributed by atoms with Crippen molar-refractivity contribution >= 4 is 29.5 Å². The lowest BCUT2D eigenvalue weighted by Crippen LogP contribution is -2.62. The number of nitrogens with one attached hydrogen (secondary N) is 4. The largest absolute Gasteiger partial charge is 0.492 e. The smallest absolute Gasteiger partial charge is 0.265 e. The van der Waals surface area contributed by atoms with Crippen LogP contribution < -0.4 is 30.7 Å². The molecule has 3 heterocycles. The molecular weight excluding hydrogens is 692 g/mol. The number of rotatable bonds is 6. The number of ether oxygens (including phenoxy) is 2. The summed E-state index contributed by atoms with van der Waals surface area (Å²) in [5.41, 5.74) is -0.645. The first-order valence-electron chi connectivity index (χ1n) is 17.4. The molecule has 15 heteroatoms. The highest BCUT2D eigenvalue weighted by atomic mass is 19.1. The molecule has 1 spiro atoms. The molecule has 0 aromatic heterocycles. The fourth-order valence-corrected chi connectivity index (χ4v) is 6.14. The third-order valence-corrected chi connectivity index (χ3v) is 9.24. The number of amides is 5. The number of piperidine rings is 1. The molecule has 5 amide bonds. The molecule has 1 saturated heterocycles. The molecule has 3 atom stereocenters. The minimum Gasteiger partial charge on any atom is -0.492 e. The van der Waals surface area contributed by atoms with E-state index < -0.39 is 65.6 Å². The van der Waals surface area contributed by atoms with Gasteiger partial charge in [-0.3, -0.25) is 24.0 Å². The first-order chi connectivity index (χ1) is 25.5. The molecule has 0 aliphatic carbocycles. The van der Waals surface area contributed by atoms with Crippen LogP contribution in [0.2, 0.25) is 0 Å². The van der Waals surface area contributed by atoms with Crippen LogP contribution in [0.1, 0.15) is 37.3 Å². The summed E-state index contributed by atoms with van der Waals surface area (Å²) < 4.78 is 39.7. The number of likely N-dealkylation sites (tertiary alicyclic amines) is 1. The lowest BCUT2D eigenvalue weighted by atomic mass is 9.88. The van der Waals surface area contributed by atoms with Gasteiger partial charge < -0.3 is 40.7 Å². The number of aryl methyl sites for hydroxylation is 1. The van der Waals surface area contributed by atoms with Gasteiger partial charge in [0, 0.05) is 44.8 Å². The zero-order valence-corrected chi connectivity index (χ0v) is 29.2. The van der Waals surface area contributed by atoms with Crippen LogP contribution in [0.4, 0.5) is 8.78 Å². The Hall–Kier alpha value is -5.57. The first kappa shape index (κ1) is 38.7. The lowest BCUT2D eigenvalue weighted by Gasteiger charge is -2.41. The van der Waals surface area contributed by atoms with Crippen LogP contribution in [-0.4, -0.2) is 96.1 Å². The topological polar surface area (TPSA) is 175 Å². The number of hydrogen-bond donors (Lipinski definition) is 5. The van der Waals surface area contributed by atoms with Crippen molar-refractivity contribution in [3.05, 3.63) is 95.6 Å². The van der Waals surface area contributed by atoms with Crippen molar-refractivity contribution in [1.29, 1.82) is 0 Å². The van der Waals surface area contributed by atoms with Crippen LogP contribution in [-0.2, 0) is 36.8 Å². The molecule has 3 aromatic carbocycles. The number of aliphatic hydroxyl groups excluding tert-OH is 1. The highest BCUT2D eigenvalue weighted by Crippen LogP contribution is 2.31. The average molecular weight is 736 g/mol. The van der Waals surface area contributed by atoms with E-state index in [2.05, 4.69) is 21.3 Å². The third kappa shape index (κ3) is 10.3. The molecule has 3 aliphatic heterocycles. The number of fused-ring (bicyclic) bond motifs is 15. The zero-order valence-electron chi connectivity index (χ0n) is 29.2. The summed E-state index contributed by atoms with van der Waals surface area (Å²) in [5.74, 6) is -3.66. The van der Waals surface area contributed by atoms with Crippen molar-refractivity contribution in [3.8, 4) is 11.5 Å². The summed E-state index contributed by atoms with van der Waals surface area (Å²) in [6.07, 6.45) is 0.112. The molecule has 13 nitrogen and oxygen atoms in total. The molecule has 0 radical (unpaired) electrons. The maximum Gasteiger partial charge on any atom is 0.265 e. The highest BCUT2D eigenvalue weighted by molar-refractivity contribution is 5.95. The number of carbonyl (C=O) groups excluding carboxylic acids is 5. The molecule has 282 valence electrons. The van der Waals surface area contributed by atoms with E-state index >= 15 is 0 Å². The molecular formula is C38H43F2N5O8. The summed E-state index contributed by atoms with van der Waals surface area (Å²) in [6.45, 7) is 1.10. The zero-order chi connectivity index (χ0) is 38.0. The van der Waals surface area contributed by atoms with E-state index in [0.29, 0.717) is 17.1 Å². The van der Waals surface area contributed by atoms with Crippen molar-refractivity contribution < 1.29 is 47.3 Å². The van der Waals surface area contributed by atoms with Gasteiger partial charge in [-0.15, -0.1) is 0 Å². The SMILES string of the molecule is C[C@@H]1NC(=O)[C@H](CO)NC(=O)[C@@H](Cc2ccccc2)NC(=O)C2(CCN(C(=O)CCc3ccc(F)cc3F)CC2)Oc2ccc(cc2)OCCNC1=O. The number of halogens is 2. The summed E-state index contributed by atoms with van der Waals surface area (Å²) in [7, 11) is 0. The minimum absolute atomic E-state index is 0.0175. The van der Waals surface area contributed by atoms with E-state index in [4.69, 9.17) is 9.47 Å². The van der Waals surface area contributed by atoms with Gasteiger partial charge in [0.1, 0.15) is 47.9 Å². The van der Waals surface area contributed by atoms with E-state index in [-0.39, 0.29) is 69.8 Å². The second-order valence-corrected chi connectivity index (χ2v) is 13.0. The Bertz CT molecular complexity index is 1770. The lowest BCUT2D eigenvalue weighted by molar-refractivity contribution is -0.148. The molecule has 3 aromatic rings. The van der Waals surface area contributed by atoms with Crippen molar-refractivity contribution in [2.24, 2.45) is 0 Å². The summed E-state index contributed by atoms with van der Waals surface area (Å²) in [4.78, 5) is 68.5. The van der Waals surface area contributed by atoms with Crippen molar-refractivity contribution in [3.63, 3.8) is 0 Å². The molecule has 6 rings (SSSR count). The number of nitrogens with zero attached hydrogens (tertiary/aromatic N) is 1. The Kier molecular flexibility index (Phi) is 13.0. The van der Waals surface area contributed by atoms with Gasteiger partial charge in [-0.2, -0.15) is 0 Å². The van der Waals surface area contributed by atoms with Crippen LogP contribution in [0.5, 0.6) is 11.5 Å². The molecule has 3 aliphatic rings. The molecule has 2 bridgehead atoms. The van der Waals surface area contributed by atoms with E-state index in [9.17, 15) is 37.9 Å². The molecule has 0 unspecified atom stereocenters. The van der Waals surface area contributed by atoms with Gasteiger partial charge in [-0.05, 0) is 54.8 Å². The van der Waals surface area contributed by atoms with Gasteiger partial charge in [0.15, 0.2) is 5.60 Å². The van der Waals surface area contributed by atoms with Crippen molar-refractivity contribution in [2.75, 3.05) is 32.8 Å². The number of aliphatic hydroxyl groups is 1. The van der Waals surface area contributed by atoms with Crippen LogP contribution in [0.15, 0.2) is 72.8 Å². The highest BCUT2D eigenvalue weighted by Gasteiger charge is 2.46. The van der Waals surface area contributed by atoms with Gasteiger partial charge in [-0.25, -0.2) is 8.78 Å². The van der Waals surface area contributed by atoms with E-state index in [1.807, 2.05) is 0 Å². The van der Waals surface area contributed by atoms with Gasteiger partial charge in [0.05, 0.1) is 13.2 Å². The van der Waals surface area contributed by atoms with E-state index in [0.717, 1.165) is 12.1 Å². The maximum atomic E-state index is 14.4.